The number of hydrogen-bond donors (Lipinski definition) is 0. The standard InChI is InChI=1S/C24H24FN5O3S/c25-21-9-17(30-14-20(33-24(30)31)15-32-23-10-26-34-27-23)6-7-22(21)29-13-18-8-19(29)12-28(18)11-16-4-2-1-3-5-16/h1-7,9-10,18-20H,8,11-15H2/t18-,19-,20+/m0/s1. The second-order valence-electron chi connectivity index (χ2n) is 8.92. The van der Waals surface area contributed by atoms with Crippen molar-refractivity contribution in [1.82, 2.24) is 13.6 Å². The Morgan fingerprint density at radius 3 is 2.74 bits per heavy atom. The predicted octanol–water partition coefficient (Wildman–Crippen LogP) is 3.54. The summed E-state index contributed by atoms with van der Waals surface area (Å²) < 4.78 is 33.9. The molecule has 176 valence electrons. The van der Waals surface area contributed by atoms with Gasteiger partial charge in [-0.15, -0.1) is 4.37 Å². The molecular formula is C24H24FN5O3S. The van der Waals surface area contributed by atoms with Crippen LogP contribution in [-0.2, 0) is 11.3 Å². The Morgan fingerprint density at radius 2 is 2.00 bits per heavy atom. The van der Waals surface area contributed by atoms with E-state index in [2.05, 4.69) is 42.8 Å². The number of anilines is 2. The van der Waals surface area contributed by atoms with Crippen LogP contribution in [-0.4, -0.2) is 64.2 Å². The molecule has 34 heavy (non-hydrogen) atoms. The van der Waals surface area contributed by atoms with E-state index < -0.39 is 12.2 Å². The molecule has 6 rings (SSSR count). The van der Waals surface area contributed by atoms with E-state index >= 15 is 4.39 Å². The van der Waals surface area contributed by atoms with Crippen LogP contribution in [0.2, 0.25) is 0 Å². The Bertz CT molecular complexity index is 1160. The number of ether oxygens (including phenoxy) is 2. The topological polar surface area (TPSA) is 71.0 Å². The number of benzene rings is 2. The lowest BCUT2D eigenvalue weighted by molar-refractivity contribution is 0.103. The van der Waals surface area contributed by atoms with Crippen molar-refractivity contribution in [2.75, 3.05) is 36.0 Å². The summed E-state index contributed by atoms with van der Waals surface area (Å²) in [4.78, 5) is 18.5. The number of piperazine rings is 1. The number of nitrogens with zero attached hydrogens (tertiary/aromatic N) is 5. The number of fused-ring (bicyclic) bond motifs is 2. The first kappa shape index (κ1) is 21.3. The van der Waals surface area contributed by atoms with Crippen LogP contribution >= 0.6 is 11.7 Å². The fourth-order valence-corrected chi connectivity index (χ4v) is 5.53. The molecule has 0 radical (unpaired) electrons. The Kier molecular flexibility index (Phi) is 5.54. The van der Waals surface area contributed by atoms with Gasteiger partial charge in [-0.3, -0.25) is 9.80 Å². The second kappa shape index (κ2) is 8.84. The highest BCUT2D eigenvalue weighted by molar-refractivity contribution is 6.99. The van der Waals surface area contributed by atoms with Crippen molar-refractivity contribution in [3.05, 3.63) is 66.1 Å². The third kappa shape index (κ3) is 4.07. The molecule has 3 fully saturated rings. The van der Waals surface area contributed by atoms with Gasteiger partial charge in [-0.2, -0.15) is 4.37 Å². The van der Waals surface area contributed by atoms with Gasteiger partial charge in [-0.1, -0.05) is 30.3 Å². The monoisotopic (exact) mass is 481 g/mol. The molecule has 8 nitrogen and oxygen atoms in total. The van der Waals surface area contributed by atoms with Crippen LogP contribution in [0.15, 0.2) is 54.7 Å². The van der Waals surface area contributed by atoms with Gasteiger partial charge in [0.05, 0.1) is 29.6 Å². The van der Waals surface area contributed by atoms with Gasteiger partial charge in [0.1, 0.15) is 18.6 Å². The van der Waals surface area contributed by atoms with E-state index in [1.54, 1.807) is 12.1 Å². The van der Waals surface area contributed by atoms with Gasteiger partial charge in [0.25, 0.3) is 0 Å². The van der Waals surface area contributed by atoms with Crippen LogP contribution in [0, 0.1) is 5.82 Å². The van der Waals surface area contributed by atoms with Crippen molar-refractivity contribution in [1.29, 1.82) is 0 Å². The summed E-state index contributed by atoms with van der Waals surface area (Å²) in [7, 11) is 0. The minimum Gasteiger partial charge on any atom is -0.472 e. The average Bonchev–Trinajstić information content (AvgIpc) is 3.63. The smallest absolute Gasteiger partial charge is 0.414 e. The number of halogens is 1. The molecule has 3 aliphatic heterocycles. The number of carbonyl (C=O) groups is 1. The van der Waals surface area contributed by atoms with E-state index in [-0.39, 0.29) is 19.0 Å². The number of hydrogen-bond acceptors (Lipinski definition) is 8. The fourth-order valence-electron chi connectivity index (χ4n) is 5.17. The van der Waals surface area contributed by atoms with Crippen molar-refractivity contribution in [3.8, 4) is 5.88 Å². The molecule has 10 heteroatoms. The zero-order valence-corrected chi connectivity index (χ0v) is 19.2. The fraction of sp³-hybridized carbons (Fsp3) is 0.375. The van der Waals surface area contributed by atoms with Gasteiger partial charge in [-0.05, 0) is 30.2 Å². The van der Waals surface area contributed by atoms with Crippen LogP contribution in [0.5, 0.6) is 5.88 Å². The highest BCUT2D eigenvalue weighted by Crippen LogP contribution is 2.37. The summed E-state index contributed by atoms with van der Waals surface area (Å²) in [6.45, 7) is 3.13. The van der Waals surface area contributed by atoms with Crippen LogP contribution in [0.4, 0.5) is 20.6 Å². The second-order valence-corrected chi connectivity index (χ2v) is 9.48. The maximum atomic E-state index is 15.2. The minimum atomic E-state index is -0.506. The van der Waals surface area contributed by atoms with Crippen molar-refractivity contribution < 1.29 is 18.7 Å². The zero-order valence-electron chi connectivity index (χ0n) is 18.4. The molecule has 3 aromatic rings. The lowest BCUT2D eigenvalue weighted by Gasteiger charge is -2.36. The van der Waals surface area contributed by atoms with Crippen molar-refractivity contribution in [2.45, 2.75) is 31.2 Å². The normalized spacial score (nSPS) is 24.1. The summed E-state index contributed by atoms with van der Waals surface area (Å²) in [5.74, 6) is 0.0813. The maximum Gasteiger partial charge on any atom is 0.414 e. The largest absolute Gasteiger partial charge is 0.472 e. The third-order valence-corrected chi connectivity index (χ3v) is 7.23. The molecule has 3 aliphatic rings. The van der Waals surface area contributed by atoms with Crippen LogP contribution < -0.4 is 14.5 Å². The molecule has 3 saturated heterocycles. The van der Waals surface area contributed by atoms with E-state index in [1.165, 1.54) is 22.7 Å². The van der Waals surface area contributed by atoms with Crippen LogP contribution in [0.25, 0.3) is 0 Å². The molecule has 1 aromatic heterocycles. The number of aromatic nitrogens is 2. The highest BCUT2D eigenvalue weighted by Gasteiger charge is 2.44. The van der Waals surface area contributed by atoms with Crippen LogP contribution in [0.1, 0.15) is 12.0 Å². The first-order valence-corrected chi connectivity index (χ1v) is 12.1. The third-order valence-electron chi connectivity index (χ3n) is 6.77. The van der Waals surface area contributed by atoms with E-state index in [0.717, 1.165) is 37.8 Å². The molecule has 0 saturated carbocycles. The molecule has 2 aromatic carbocycles. The SMILES string of the molecule is O=C1O[C@@H](COc2cnsn2)CN1c1ccc(N2C[C@@H]3C[C@H]2CN3Cc2ccccc2)c(F)c1. The molecule has 2 bridgehead atoms. The molecule has 3 atom stereocenters. The molecule has 0 spiro atoms. The van der Waals surface area contributed by atoms with Crippen molar-refractivity contribution in [2.24, 2.45) is 0 Å². The molecule has 0 aliphatic carbocycles. The van der Waals surface area contributed by atoms with Gasteiger partial charge in [0.2, 0.25) is 5.88 Å². The quantitative estimate of drug-likeness (QED) is 0.511. The molecule has 0 unspecified atom stereocenters. The number of cyclic esters (lactones) is 1. The Labute approximate surface area is 200 Å². The summed E-state index contributed by atoms with van der Waals surface area (Å²) in [5, 5.41) is 0. The number of likely N-dealkylation sites (tertiary alicyclic amines) is 1. The number of amides is 1. The summed E-state index contributed by atoms with van der Waals surface area (Å²) in [5.41, 5.74) is 2.39. The lowest BCUT2D eigenvalue weighted by Crippen LogP contribution is -2.46. The number of carbonyl (C=O) groups excluding carboxylic acids is 1. The highest BCUT2D eigenvalue weighted by atomic mass is 32.1. The first-order chi connectivity index (χ1) is 16.6. The van der Waals surface area contributed by atoms with Crippen molar-refractivity contribution >= 4 is 29.2 Å². The van der Waals surface area contributed by atoms with Gasteiger partial charge in [-0.25, -0.2) is 9.18 Å². The Morgan fingerprint density at radius 1 is 1.12 bits per heavy atom. The zero-order chi connectivity index (χ0) is 23.1. The van der Waals surface area contributed by atoms with E-state index in [1.807, 2.05) is 6.07 Å². The lowest BCUT2D eigenvalue weighted by atomic mass is 10.1. The van der Waals surface area contributed by atoms with E-state index in [0.29, 0.717) is 29.3 Å². The molecule has 0 N–H and O–H groups in total. The van der Waals surface area contributed by atoms with Gasteiger partial charge < -0.3 is 14.4 Å². The molecular weight excluding hydrogens is 457 g/mol. The van der Waals surface area contributed by atoms with Gasteiger partial charge in [0.15, 0.2) is 6.10 Å². The summed E-state index contributed by atoms with van der Waals surface area (Å²) >= 11 is 1.05. The van der Waals surface area contributed by atoms with Gasteiger partial charge in [0, 0.05) is 31.7 Å². The van der Waals surface area contributed by atoms with Gasteiger partial charge >= 0.3 is 6.09 Å². The Balaban J connectivity index is 1.09. The van der Waals surface area contributed by atoms with Crippen molar-refractivity contribution in [3.63, 3.8) is 0 Å². The van der Waals surface area contributed by atoms with E-state index in [9.17, 15) is 4.79 Å². The summed E-state index contributed by atoms with van der Waals surface area (Å²) in [6.07, 6.45) is 1.60. The minimum absolute atomic E-state index is 0.171. The molecule has 1 amide bonds. The Hall–Kier alpha value is -3.24. The molecule has 4 heterocycles. The number of rotatable bonds is 7. The summed E-state index contributed by atoms with van der Waals surface area (Å²) in [6, 6.07) is 16.2. The first-order valence-electron chi connectivity index (χ1n) is 11.4. The average molecular weight is 482 g/mol. The predicted molar refractivity (Wildman–Crippen MR) is 126 cm³/mol. The van der Waals surface area contributed by atoms with Crippen LogP contribution in [0.3, 0.4) is 0 Å². The van der Waals surface area contributed by atoms with E-state index in [4.69, 9.17) is 9.47 Å². The maximum absolute atomic E-state index is 15.2.